The van der Waals surface area contributed by atoms with Crippen molar-refractivity contribution in [1.82, 2.24) is 0 Å². The van der Waals surface area contributed by atoms with E-state index in [2.05, 4.69) is 31.1 Å². The third-order valence-corrected chi connectivity index (χ3v) is 0. The molecule has 0 aliphatic carbocycles. The zero-order valence-corrected chi connectivity index (χ0v) is 15.5. The fourth-order valence-corrected chi connectivity index (χ4v) is 0. The molecule has 1 radical (unpaired) electrons. The summed E-state index contributed by atoms with van der Waals surface area (Å²) in [5.74, 6) is 0. The Morgan fingerprint density at radius 1 is 1.14 bits per heavy atom. The monoisotopic (exact) mass is 944 g/mol. The van der Waals surface area contributed by atoms with Crippen LogP contribution in [0.4, 0.5) is 0 Å². The van der Waals surface area contributed by atoms with E-state index in [0.717, 1.165) is 0 Å². The Bertz CT molecular complexity index is 19.7. The molecule has 0 aromatic carbocycles. The van der Waals surface area contributed by atoms with E-state index in [1.54, 1.807) is 0 Å². The summed E-state index contributed by atoms with van der Waals surface area (Å²) >= 11 is 4.36. The first kappa shape index (κ1) is 36.7. The van der Waals surface area contributed by atoms with E-state index < -0.39 is 0 Å². The standard InChI is InChI=1S/Dy.La.Pt.Ru.H2Se.Sr.Yb.2H/h;;;;1H2;;;;/q;;+1;;;;;;/p-1. The van der Waals surface area contributed by atoms with Crippen molar-refractivity contribution in [2.75, 3.05) is 0 Å². The maximum Gasteiger partial charge on any atom is 0 e. The van der Waals surface area contributed by atoms with E-state index in [-0.39, 0.29) is 186 Å². The van der Waals surface area contributed by atoms with Gasteiger partial charge in [-0.15, -0.1) is 0 Å². The summed E-state index contributed by atoms with van der Waals surface area (Å²) in [6.45, 7) is 0. The van der Waals surface area contributed by atoms with E-state index in [9.17, 15) is 0 Å². The molecular formula is H3DyLaPtRuSeSrYb. The minimum atomic E-state index is 0. The van der Waals surface area contributed by atoms with Crippen molar-refractivity contribution in [2.24, 2.45) is 0 Å². The van der Waals surface area contributed by atoms with Crippen LogP contribution >= 0.6 is 0 Å². The molecule has 0 aliphatic heterocycles. The molecule has 0 aliphatic rings. The molecule has 0 spiro atoms. The predicted octanol–water partition coefficient (Wildman–Crippen LogP) is -1.57. The maximum absolute atomic E-state index is 2.28. The third kappa shape index (κ3) is 31.9. The van der Waals surface area contributed by atoms with Crippen molar-refractivity contribution in [3.8, 4) is 0 Å². The molecule has 0 saturated heterocycles. The largest absolute Gasteiger partial charge is 0 e. The SMILES string of the molecule is [Dy].[La].[Ru].[SeH][Pt].[SrH2].[Yb]. The zero-order valence-electron chi connectivity index (χ0n) is 2.28. The molecule has 0 nitrogen and oxygen atoms in total. The Hall–Kier alpha value is 7.30. The topological polar surface area (TPSA) is 0 Å². The van der Waals surface area contributed by atoms with E-state index in [4.69, 9.17) is 0 Å². The summed E-state index contributed by atoms with van der Waals surface area (Å²) < 4.78 is 0. The van der Waals surface area contributed by atoms with Gasteiger partial charge in [-0.3, -0.25) is 0 Å². The average molecular weight is 940 g/mol. The van der Waals surface area contributed by atoms with Crippen LogP contribution < -0.4 is 0 Å². The van der Waals surface area contributed by atoms with Crippen LogP contribution in [0.3, 0.4) is 0 Å². The van der Waals surface area contributed by atoms with Gasteiger partial charge in [-0.25, -0.2) is 0 Å². The fraction of sp³-hybridized carbons (Fsp3) is 0. The van der Waals surface area contributed by atoms with Gasteiger partial charge in [0.15, 0.2) is 0 Å². The second kappa shape index (κ2) is 37.8. The van der Waals surface area contributed by atoms with E-state index in [1.807, 2.05) is 0 Å². The van der Waals surface area contributed by atoms with Crippen LogP contribution in [0, 0.1) is 121 Å². The van der Waals surface area contributed by atoms with E-state index >= 15 is 0 Å². The quantitative estimate of drug-likeness (QED) is 0.258. The Morgan fingerprint density at radius 3 is 1.14 bits per heavy atom. The second-order valence-corrected chi connectivity index (χ2v) is 0. The fourth-order valence-electron chi connectivity index (χ4n) is 0. The predicted molar refractivity (Wildman–Crippen MR) is 15.7 cm³/mol. The minimum Gasteiger partial charge on any atom is 0 e. The normalized spacial score (nSPS) is 1.00. The smallest absolute Gasteiger partial charge is 0 e. The first-order valence-electron chi connectivity index (χ1n) is 0.141. The molecule has 0 fully saturated rings. The Balaban J connectivity index is -0.000000000500. The van der Waals surface area contributed by atoms with Crippen molar-refractivity contribution in [3.63, 3.8) is 0 Å². The Kier molecular flexibility index (Phi) is 198. The summed E-state index contributed by atoms with van der Waals surface area (Å²) in [6, 6.07) is 0. The van der Waals surface area contributed by atoms with Crippen LogP contribution in [-0.4, -0.2) is 58.9 Å². The van der Waals surface area contributed by atoms with Crippen LogP contribution in [0.1, 0.15) is 0 Å². The molecule has 0 aromatic heterocycles. The summed E-state index contributed by atoms with van der Waals surface area (Å²) in [7, 11) is 0. The molecule has 0 unspecified atom stereocenters. The van der Waals surface area contributed by atoms with Gasteiger partial charge >= 0.3 is 76.6 Å². The van der Waals surface area contributed by atoms with Gasteiger partial charge in [0.2, 0.25) is 0 Å². The van der Waals surface area contributed by atoms with Crippen LogP contribution in [0.2, 0.25) is 0 Å². The summed E-state index contributed by atoms with van der Waals surface area (Å²) in [6.07, 6.45) is 0. The van der Waals surface area contributed by atoms with Crippen LogP contribution in [0.15, 0.2) is 0 Å². The molecular weight excluding hydrogens is 937 g/mol. The number of hydrogen-bond donors (Lipinski definition) is 0. The van der Waals surface area contributed by atoms with Crippen LogP contribution in [0.25, 0.3) is 0 Å². The van der Waals surface area contributed by atoms with Gasteiger partial charge in [-0.1, -0.05) is 0 Å². The first-order chi connectivity index (χ1) is 1.00. The van der Waals surface area contributed by atoms with Crippen LogP contribution in [0.5, 0.6) is 0 Å². The van der Waals surface area contributed by atoms with Gasteiger partial charge in [0, 0.05) is 140 Å². The van der Waals surface area contributed by atoms with E-state index in [1.165, 1.54) is 0 Å². The molecule has 7 heavy (non-hydrogen) atoms. The first-order valence-corrected chi connectivity index (χ1v) is 6.01. The number of hydrogen-bond acceptors (Lipinski definition) is 0. The molecule has 0 saturated carbocycles. The van der Waals surface area contributed by atoms with Gasteiger partial charge < -0.3 is 0 Å². The molecule has 0 N–H and O–H groups in total. The van der Waals surface area contributed by atoms with Gasteiger partial charge in [0.05, 0.1) is 0 Å². The van der Waals surface area contributed by atoms with Gasteiger partial charge in [0.1, 0.15) is 0 Å². The molecule has 0 amide bonds. The van der Waals surface area contributed by atoms with E-state index in [0.29, 0.717) is 0 Å². The molecule has 0 bridgehead atoms. The number of rotatable bonds is 0. The molecule has 0 atom stereocenters. The molecule has 0 rings (SSSR count). The molecule has 56 valence electrons. The van der Waals surface area contributed by atoms with Gasteiger partial charge in [0.25, 0.3) is 0 Å². The van der Waals surface area contributed by atoms with Crippen LogP contribution in [-0.2, 0) is 37.2 Å². The van der Waals surface area contributed by atoms with Crippen molar-refractivity contribution in [2.45, 2.75) is 0 Å². The van der Waals surface area contributed by atoms with Gasteiger partial charge in [-0.2, -0.15) is 0 Å². The Morgan fingerprint density at radius 2 is 1.14 bits per heavy atom. The molecule has 0 heterocycles. The Labute approximate surface area is 209 Å². The van der Waals surface area contributed by atoms with Gasteiger partial charge in [-0.05, 0) is 0 Å². The third-order valence-electron chi connectivity index (χ3n) is 0. The molecule has 0 aromatic rings. The average Bonchev–Trinajstić information content (AvgIpc) is 1.00. The molecule has 7 heteroatoms. The minimum absolute atomic E-state index is 0. The van der Waals surface area contributed by atoms with Crippen molar-refractivity contribution in [1.29, 1.82) is 0 Å². The zero-order chi connectivity index (χ0) is 2.00. The summed E-state index contributed by atoms with van der Waals surface area (Å²) in [5.41, 5.74) is 0. The maximum atomic E-state index is 2.28. The second-order valence-electron chi connectivity index (χ2n) is 0. The van der Waals surface area contributed by atoms with Crippen molar-refractivity contribution < 1.29 is 158 Å². The summed E-state index contributed by atoms with van der Waals surface area (Å²) in [4.78, 5) is 0. The van der Waals surface area contributed by atoms with Crippen molar-refractivity contribution >= 4 is 58.9 Å². The van der Waals surface area contributed by atoms with Crippen molar-refractivity contribution in [3.05, 3.63) is 0 Å². The summed E-state index contributed by atoms with van der Waals surface area (Å²) in [5, 5.41) is 0.